The van der Waals surface area contributed by atoms with Crippen molar-refractivity contribution in [3.63, 3.8) is 0 Å². The summed E-state index contributed by atoms with van der Waals surface area (Å²) in [6.07, 6.45) is -2.18. The summed E-state index contributed by atoms with van der Waals surface area (Å²) in [5, 5.41) is 12.3. The smallest absolute Gasteiger partial charge is 0.376 e. The second kappa shape index (κ2) is 7.10. The van der Waals surface area contributed by atoms with Gasteiger partial charge in [0.2, 0.25) is 5.16 Å². The summed E-state index contributed by atoms with van der Waals surface area (Å²) in [5.74, 6) is 0. The summed E-state index contributed by atoms with van der Waals surface area (Å²) in [6.45, 7) is 3.27. The normalized spacial score (nSPS) is 19.6. The summed E-state index contributed by atoms with van der Waals surface area (Å²) in [7, 11) is 0. The van der Waals surface area contributed by atoms with Crippen LogP contribution in [-0.4, -0.2) is 32.9 Å². The van der Waals surface area contributed by atoms with Crippen molar-refractivity contribution in [3.05, 3.63) is 35.4 Å². The molecule has 130 valence electrons. The third-order valence-corrected chi connectivity index (χ3v) is 5.02. The van der Waals surface area contributed by atoms with Crippen LogP contribution in [0.25, 0.3) is 0 Å². The number of alkyl halides is 3. The van der Waals surface area contributed by atoms with Crippen LogP contribution in [-0.2, 0) is 17.5 Å². The van der Waals surface area contributed by atoms with E-state index in [-0.39, 0.29) is 11.4 Å². The third-order valence-electron chi connectivity index (χ3n) is 3.89. The molecule has 0 bridgehead atoms. The lowest BCUT2D eigenvalue weighted by molar-refractivity contribution is -0.137. The predicted octanol–water partition coefficient (Wildman–Crippen LogP) is 3.72. The molecule has 2 atom stereocenters. The molecule has 2 unspecified atom stereocenters. The summed E-state index contributed by atoms with van der Waals surface area (Å²) >= 11 is 1.42. The molecule has 0 amide bonds. The van der Waals surface area contributed by atoms with Crippen LogP contribution in [0.5, 0.6) is 0 Å². The highest BCUT2D eigenvalue weighted by Crippen LogP contribution is 2.35. The zero-order chi connectivity index (χ0) is 17.2. The molecule has 2 heterocycles. The Morgan fingerprint density at radius 1 is 1.33 bits per heavy atom. The Hall–Kier alpha value is -1.61. The lowest BCUT2D eigenvalue weighted by Crippen LogP contribution is -2.17. The quantitative estimate of drug-likeness (QED) is 0.763. The Morgan fingerprint density at radius 2 is 2.08 bits per heavy atom. The first-order chi connectivity index (χ1) is 11.4. The lowest BCUT2D eigenvalue weighted by atomic mass is 10.1. The van der Waals surface area contributed by atoms with Crippen LogP contribution in [0.4, 0.5) is 13.2 Å². The Balaban J connectivity index is 1.66. The highest BCUT2D eigenvalue weighted by atomic mass is 32.2. The fourth-order valence-corrected chi connectivity index (χ4v) is 3.47. The number of nitrogens with zero attached hydrogens (tertiary/aromatic N) is 4. The maximum absolute atomic E-state index is 12.6. The number of hydrogen-bond donors (Lipinski definition) is 0. The first-order valence-corrected chi connectivity index (χ1v) is 8.53. The Bertz CT molecular complexity index is 668. The fourth-order valence-electron chi connectivity index (χ4n) is 2.55. The van der Waals surface area contributed by atoms with Crippen molar-refractivity contribution >= 4 is 11.8 Å². The Labute approximate surface area is 141 Å². The van der Waals surface area contributed by atoms with E-state index in [0.717, 1.165) is 37.1 Å². The molecular weight excluding hydrogens is 341 g/mol. The van der Waals surface area contributed by atoms with Gasteiger partial charge in [-0.3, -0.25) is 0 Å². The van der Waals surface area contributed by atoms with Gasteiger partial charge in [-0.2, -0.15) is 13.2 Å². The van der Waals surface area contributed by atoms with Gasteiger partial charge >= 0.3 is 6.18 Å². The van der Waals surface area contributed by atoms with Crippen molar-refractivity contribution in [1.29, 1.82) is 0 Å². The van der Waals surface area contributed by atoms with Gasteiger partial charge in [-0.05, 0) is 47.9 Å². The number of tetrazole rings is 1. The van der Waals surface area contributed by atoms with Crippen molar-refractivity contribution in [2.24, 2.45) is 0 Å². The van der Waals surface area contributed by atoms with E-state index in [4.69, 9.17) is 4.74 Å². The largest absolute Gasteiger partial charge is 0.416 e. The maximum atomic E-state index is 12.6. The van der Waals surface area contributed by atoms with E-state index < -0.39 is 11.7 Å². The van der Waals surface area contributed by atoms with E-state index in [9.17, 15) is 13.2 Å². The SMILES string of the molecule is CC(Sc1nnnn1CC1CCCO1)c1ccc(C(F)(F)F)cc1. The number of aromatic nitrogens is 4. The van der Waals surface area contributed by atoms with Crippen LogP contribution < -0.4 is 0 Å². The molecule has 1 fully saturated rings. The number of rotatable bonds is 5. The molecule has 1 aromatic carbocycles. The van der Waals surface area contributed by atoms with E-state index in [0.29, 0.717) is 11.7 Å². The van der Waals surface area contributed by atoms with E-state index >= 15 is 0 Å². The zero-order valence-corrected chi connectivity index (χ0v) is 13.8. The van der Waals surface area contributed by atoms with Gasteiger partial charge in [0.1, 0.15) is 0 Å². The number of benzene rings is 1. The van der Waals surface area contributed by atoms with Crippen LogP contribution in [0.2, 0.25) is 0 Å². The number of ether oxygens (including phenoxy) is 1. The van der Waals surface area contributed by atoms with E-state index in [1.165, 1.54) is 23.9 Å². The average molecular weight is 358 g/mol. The van der Waals surface area contributed by atoms with Gasteiger partial charge in [0.25, 0.3) is 0 Å². The molecule has 5 nitrogen and oxygen atoms in total. The zero-order valence-electron chi connectivity index (χ0n) is 13.0. The minimum atomic E-state index is -4.32. The second-order valence-corrected chi connectivity index (χ2v) is 6.97. The molecule has 2 aromatic rings. The molecular formula is C15H17F3N4OS. The van der Waals surface area contributed by atoms with Crippen molar-refractivity contribution in [3.8, 4) is 0 Å². The minimum absolute atomic E-state index is 0.0680. The molecule has 9 heteroatoms. The minimum Gasteiger partial charge on any atom is -0.376 e. The van der Waals surface area contributed by atoms with Crippen molar-refractivity contribution < 1.29 is 17.9 Å². The molecule has 1 aliphatic heterocycles. The van der Waals surface area contributed by atoms with Crippen molar-refractivity contribution in [2.45, 2.75) is 49.0 Å². The van der Waals surface area contributed by atoms with Gasteiger partial charge in [0, 0.05) is 11.9 Å². The van der Waals surface area contributed by atoms with Crippen LogP contribution in [0, 0.1) is 0 Å². The molecule has 24 heavy (non-hydrogen) atoms. The molecule has 1 saturated heterocycles. The van der Waals surface area contributed by atoms with Crippen LogP contribution in [0.1, 0.15) is 36.1 Å². The highest BCUT2D eigenvalue weighted by Gasteiger charge is 2.30. The second-order valence-electron chi connectivity index (χ2n) is 5.66. The summed E-state index contributed by atoms with van der Waals surface area (Å²) < 4.78 is 45.2. The number of halogens is 3. The van der Waals surface area contributed by atoms with Gasteiger partial charge in [0.05, 0.1) is 18.2 Å². The maximum Gasteiger partial charge on any atom is 0.416 e. The van der Waals surface area contributed by atoms with Gasteiger partial charge in [-0.1, -0.05) is 23.9 Å². The molecule has 0 radical (unpaired) electrons. The summed E-state index contributed by atoms with van der Waals surface area (Å²) in [5.41, 5.74) is 0.145. The van der Waals surface area contributed by atoms with E-state index in [1.54, 1.807) is 4.68 Å². The van der Waals surface area contributed by atoms with Gasteiger partial charge in [0.15, 0.2) is 0 Å². The standard InChI is InChI=1S/C15H17F3N4OS/c1-10(11-4-6-12(7-5-11)15(16,17)18)24-14-19-20-21-22(14)9-13-3-2-8-23-13/h4-7,10,13H,2-3,8-9H2,1H3. The van der Waals surface area contributed by atoms with Gasteiger partial charge in [-0.25, -0.2) is 4.68 Å². The highest BCUT2D eigenvalue weighted by molar-refractivity contribution is 7.99. The third kappa shape index (κ3) is 4.07. The van der Waals surface area contributed by atoms with Crippen LogP contribution in [0.15, 0.2) is 29.4 Å². The number of hydrogen-bond acceptors (Lipinski definition) is 5. The molecule has 0 saturated carbocycles. The van der Waals surface area contributed by atoms with E-state index in [1.807, 2.05) is 6.92 Å². The van der Waals surface area contributed by atoms with Crippen molar-refractivity contribution in [1.82, 2.24) is 20.2 Å². The average Bonchev–Trinajstić information content (AvgIpc) is 3.20. The van der Waals surface area contributed by atoms with E-state index in [2.05, 4.69) is 15.5 Å². The fraction of sp³-hybridized carbons (Fsp3) is 0.533. The lowest BCUT2D eigenvalue weighted by Gasteiger charge is -2.14. The van der Waals surface area contributed by atoms with Crippen LogP contribution >= 0.6 is 11.8 Å². The monoisotopic (exact) mass is 358 g/mol. The summed E-state index contributed by atoms with van der Waals surface area (Å²) in [6, 6.07) is 5.19. The predicted molar refractivity (Wildman–Crippen MR) is 82.5 cm³/mol. The summed E-state index contributed by atoms with van der Waals surface area (Å²) in [4.78, 5) is 0. The van der Waals surface area contributed by atoms with Crippen molar-refractivity contribution in [2.75, 3.05) is 6.61 Å². The van der Waals surface area contributed by atoms with Gasteiger partial charge < -0.3 is 4.74 Å². The molecule has 0 aliphatic carbocycles. The molecule has 0 spiro atoms. The first-order valence-electron chi connectivity index (χ1n) is 7.65. The number of thioether (sulfide) groups is 1. The molecule has 3 rings (SSSR count). The first kappa shape index (κ1) is 17.2. The Morgan fingerprint density at radius 3 is 2.71 bits per heavy atom. The van der Waals surface area contributed by atoms with Gasteiger partial charge in [-0.15, -0.1) is 5.10 Å². The molecule has 0 N–H and O–H groups in total. The molecule has 1 aliphatic rings. The van der Waals surface area contributed by atoms with Crippen LogP contribution in [0.3, 0.4) is 0 Å². The topological polar surface area (TPSA) is 52.8 Å². The molecule has 1 aromatic heterocycles. The Kier molecular flexibility index (Phi) is 5.09.